The minimum atomic E-state index is -0.573. The predicted molar refractivity (Wildman–Crippen MR) is 85.5 cm³/mol. The minimum Gasteiger partial charge on any atom is -0.294 e. The molecule has 1 heterocycles. The van der Waals surface area contributed by atoms with Gasteiger partial charge in [0.15, 0.2) is 0 Å². The molecule has 0 fully saturated rings. The van der Waals surface area contributed by atoms with Gasteiger partial charge in [-0.2, -0.15) is 0 Å². The van der Waals surface area contributed by atoms with Crippen molar-refractivity contribution in [1.29, 1.82) is 0 Å². The van der Waals surface area contributed by atoms with Gasteiger partial charge in [0.25, 0.3) is 11.5 Å². The molecule has 3 rings (SSSR count). The van der Waals surface area contributed by atoms with Gasteiger partial charge in [0.2, 0.25) is 0 Å². The third-order valence-corrected chi connectivity index (χ3v) is 3.65. The summed E-state index contributed by atoms with van der Waals surface area (Å²) in [5.41, 5.74) is 4.41. The molecule has 0 unspecified atom stereocenters. The number of amides is 1. The van der Waals surface area contributed by atoms with Crippen LogP contribution in [0.25, 0.3) is 10.9 Å². The third-order valence-electron chi connectivity index (χ3n) is 3.65. The molecule has 3 aromatic rings. The Morgan fingerprint density at radius 2 is 1.96 bits per heavy atom. The maximum Gasteiger partial charge on any atom is 0.274 e. The summed E-state index contributed by atoms with van der Waals surface area (Å²) in [6, 6.07) is 12.2. The number of carbonyl (C=O) groups excluding carboxylic acids is 1. The molecule has 1 aromatic heterocycles. The van der Waals surface area contributed by atoms with E-state index in [-0.39, 0.29) is 5.56 Å². The first-order valence-corrected chi connectivity index (χ1v) is 7.07. The molecule has 116 valence electrons. The van der Waals surface area contributed by atoms with Gasteiger partial charge in [-0.3, -0.25) is 19.4 Å². The number of fused-ring (bicyclic) bond motifs is 1. The second-order valence-electron chi connectivity index (χ2n) is 5.34. The fraction of sp³-hybridized carbons (Fsp3) is 0.118. The summed E-state index contributed by atoms with van der Waals surface area (Å²) < 4.78 is 1.53. The van der Waals surface area contributed by atoms with E-state index in [4.69, 9.17) is 5.21 Å². The maximum absolute atomic E-state index is 12.5. The van der Waals surface area contributed by atoms with Gasteiger partial charge >= 0.3 is 0 Å². The van der Waals surface area contributed by atoms with E-state index >= 15 is 0 Å². The average Bonchev–Trinajstić information content (AvgIpc) is 2.57. The SMILES string of the molecule is Cc1ccc2c(=O)n(Cc3ccc(C(=O)NO)cc3)cnc2c1. The number of nitrogens with zero attached hydrogens (tertiary/aromatic N) is 2. The zero-order valence-electron chi connectivity index (χ0n) is 12.5. The molecule has 0 radical (unpaired) electrons. The third kappa shape index (κ3) is 2.97. The Balaban J connectivity index is 1.92. The highest BCUT2D eigenvalue weighted by atomic mass is 16.5. The van der Waals surface area contributed by atoms with Crippen LogP contribution in [0.2, 0.25) is 0 Å². The molecular weight excluding hydrogens is 294 g/mol. The number of rotatable bonds is 3. The lowest BCUT2D eigenvalue weighted by Crippen LogP contribution is -2.21. The summed E-state index contributed by atoms with van der Waals surface area (Å²) in [7, 11) is 0. The Kier molecular flexibility index (Phi) is 3.91. The Morgan fingerprint density at radius 3 is 2.65 bits per heavy atom. The lowest BCUT2D eigenvalue weighted by atomic mass is 10.1. The van der Waals surface area contributed by atoms with Crippen LogP contribution in [0, 0.1) is 6.92 Å². The molecule has 0 atom stereocenters. The molecule has 0 aliphatic rings. The first kappa shape index (κ1) is 14.9. The monoisotopic (exact) mass is 309 g/mol. The van der Waals surface area contributed by atoms with Gasteiger partial charge in [0.1, 0.15) is 0 Å². The van der Waals surface area contributed by atoms with Gasteiger partial charge in [0.05, 0.1) is 23.8 Å². The van der Waals surface area contributed by atoms with E-state index < -0.39 is 5.91 Å². The van der Waals surface area contributed by atoms with Crippen LogP contribution in [0.5, 0.6) is 0 Å². The number of hydrogen-bond acceptors (Lipinski definition) is 4. The second kappa shape index (κ2) is 6.02. The first-order chi connectivity index (χ1) is 11.1. The van der Waals surface area contributed by atoms with Crippen molar-refractivity contribution in [3.63, 3.8) is 0 Å². The minimum absolute atomic E-state index is 0.104. The van der Waals surface area contributed by atoms with Crippen LogP contribution in [0.4, 0.5) is 0 Å². The predicted octanol–water partition coefficient (Wildman–Crippen LogP) is 1.87. The van der Waals surface area contributed by atoms with Crippen LogP contribution in [0.15, 0.2) is 53.6 Å². The largest absolute Gasteiger partial charge is 0.294 e. The normalized spacial score (nSPS) is 10.7. The van der Waals surface area contributed by atoms with E-state index in [0.717, 1.165) is 11.1 Å². The van der Waals surface area contributed by atoms with Crippen molar-refractivity contribution in [3.8, 4) is 0 Å². The van der Waals surface area contributed by atoms with Crippen LogP contribution in [-0.4, -0.2) is 20.7 Å². The van der Waals surface area contributed by atoms with Crippen LogP contribution < -0.4 is 11.0 Å². The molecule has 6 heteroatoms. The summed E-state index contributed by atoms with van der Waals surface area (Å²) in [5, 5.41) is 9.17. The summed E-state index contributed by atoms with van der Waals surface area (Å²) in [6.07, 6.45) is 1.53. The molecule has 6 nitrogen and oxygen atoms in total. The standard InChI is InChI=1S/C17H15N3O3/c1-11-2-7-14-15(8-11)18-10-20(17(14)22)9-12-3-5-13(6-4-12)16(21)19-23/h2-8,10,23H,9H2,1H3,(H,19,21). The molecule has 1 amide bonds. The van der Waals surface area contributed by atoms with Crippen molar-refractivity contribution >= 4 is 16.8 Å². The van der Waals surface area contributed by atoms with E-state index in [1.807, 2.05) is 19.1 Å². The number of aromatic nitrogens is 2. The van der Waals surface area contributed by atoms with Gasteiger partial charge in [-0.1, -0.05) is 18.2 Å². The Bertz CT molecular complexity index is 930. The van der Waals surface area contributed by atoms with Crippen molar-refractivity contribution in [2.24, 2.45) is 0 Å². The number of benzene rings is 2. The Morgan fingerprint density at radius 1 is 1.22 bits per heavy atom. The molecule has 0 saturated heterocycles. The first-order valence-electron chi connectivity index (χ1n) is 7.07. The molecular formula is C17H15N3O3. The van der Waals surface area contributed by atoms with Crippen molar-refractivity contribution in [3.05, 3.63) is 75.8 Å². The van der Waals surface area contributed by atoms with Crippen LogP contribution in [0.3, 0.4) is 0 Å². The quantitative estimate of drug-likeness (QED) is 0.571. The van der Waals surface area contributed by atoms with Crippen molar-refractivity contribution in [2.75, 3.05) is 0 Å². The molecule has 0 aliphatic heterocycles. The highest BCUT2D eigenvalue weighted by molar-refractivity contribution is 5.93. The van der Waals surface area contributed by atoms with Gasteiger partial charge in [-0.25, -0.2) is 10.5 Å². The summed E-state index contributed by atoms with van der Waals surface area (Å²) in [4.78, 5) is 28.1. The number of aryl methyl sites for hydroxylation is 1. The van der Waals surface area contributed by atoms with Crippen LogP contribution >= 0.6 is 0 Å². The highest BCUT2D eigenvalue weighted by Gasteiger charge is 2.07. The van der Waals surface area contributed by atoms with Crippen LogP contribution in [-0.2, 0) is 6.54 Å². The van der Waals surface area contributed by atoms with Crippen LogP contribution in [0.1, 0.15) is 21.5 Å². The van der Waals surface area contributed by atoms with E-state index in [1.165, 1.54) is 10.9 Å². The van der Waals surface area contributed by atoms with Crippen molar-refractivity contribution in [2.45, 2.75) is 13.5 Å². The van der Waals surface area contributed by atoms with Gasteiger partial charge in [0, 0.05) is 5.56 Å². The molecule has 2 aromatic carbocycles. The Labute approximate surface area is 132 Å². The maximum atomic E-state index is 12.5. The summed E-state index contributed by atoms with van der Waals surface area (Å²) in [5.74, 6) is -0.573. The zero-order valence-corrected chi connectivity index (χ0v) is 12.5. The van der Waals surface area contributed by atoms with Gasteiger partial charge in [-0.05, 0) is 42.3 Å². The molecule has 0 saturated carbocycles. The molecule has 0 spiro atoms. The molecule has 2 N–H and O–H groups in total. The highest BCUT2D eigenvalue weighted by Crippen LogP contribution is 2.10. The lowest BCUT2D eigenvalue weighted by Gasteiger charge is -2.08. The van der Waals surface area contributed by atoms with Gasteiger partial charge in [-0.15, -0.1) is 0 Å². The smallest absolute Gasteiger partial charge is 0.274 e. The Hall–Kier alpha value is -2.99. The van der Waals surface area contributed by atoms with E-state index in [0.29, 0.717) is 23.0 Å². The van der Waals surface area contributed by atoms with E-state index in [9.17, 15) is 9.59 Å². The summed E-state index contributed by atoms with van der Waals surface area (Å²) in [6.45, 7) is 2.31. The van der Waals surface area contributed by atoms with E-state index in [1.54, 1.807) is 35.8 Å². The fourth-order valence-corrected chi connectivity index (χ4v) is 2.40. The molecule has 0 aliphatic carbocycles. The number of hydroxylamine groups is 1. The number of hydrogen-bond donors (Lipinski definition) is 2. The van der Waals surface area contributed by atoms with Crippen molar-refractivity contribution in [1.82, 2.24) is 15.0 Å². The number of nitrogens with one attached hydrogen (secondary N) is 1. The topological polar surface area (TPSA) is 84.2 Å². The zero-order chi connectivity index (χ0) is 16.4. The van der Waals surface area contributed by atoms with E-state index in [2.05, 4.69) is 4.98 Å². The molecule has 23 heavy (non-hydrogen) atoms. The summed E-state index contributed by atoms with van der Waals surface area (Å²) >= 11 is 0. The fourth-order valence-electron chi connectivity index (χ4n) is 2.40. The second-order valence-corrected chi connectivity index (χ2v) is 5.34. The van der Waals surface area contributed by atoms with Gasteiger partial charge < -0.3 is 0 Å². The van der Waals surface area contributed by atoms with Crippen molar-refractivity contribution < 1.29 is 10.0 Å². The average molecular weight is 309 g/mol. The number of carbonyl (C=O) groups is 1. The lowest BCUT2D eigenvalue weighted by molar-refractivity contribution is 0.0706. The molecule has 0 bridgehead atoms.